The fraction of sp³-hybridized carbons (Fsp3) is 0.625. The summed E-state index contributed by atoms with van der Waals surface area (Å²) < 4.78 is 7.59. The van der Waals surface area contributed by atoms with Crippen LogP contribution >= 0.6 is 0 Å². The Labute approximate surface area is 206 Å². The van der Waals surface area contributed by atoms with Crippen LogP contribution in [-0.2, 0) is 9.53 Å². The van der Waals surface area contributed by atoms with E-state index in [1.54, 1.807) is 0 Å². The van der Waals surface area contributed by atoms with Crippen molar-refractivity contribution in [3.05, 3.63) is 23.7 Å². The van der Waals surface area contributed by atoms with Crippen molar-refractivity contribution in [2.24, 2.45) is 5.41 Å². The Kier molecular flexibility index (Phi) is 7.52. The largest absolute Gasteiger partial charge is 0.379 e. The molecule has 0 radical (unpaired) electrons. The van der Waals surface area contributed by atoms with Crippen molar-refractivity contribution in [3.63, 3.8) is 0 Å². The molecule has 0 aliphatic carbocycles. The third-order valence-corrected chi connectivity index (χ3v) is 6.54. The first kappa shape index (κ1) is 24.9. The van der Waals surface area contributed by atoms with Gasteiger partial charge < -0.3 is 25.2 Å². The van der Waals surface area contributed by atoms with Gasteiger partial charge in [0.25, 0.3) is 0 Å². The molecule has 2 N–H and O–H groups in total. The van der Waals surface area contributed by atoms with Crippen molar-refractivity contribution in [1.82, 2.24) is 29.5 Å². The normalized spacial score (nSPS) is 20.5. The molecule has 35 heavy (non-hydrogen) atoms. The van der Waals surface area contributed by atoms with Crippen LogP contribution in [0.15, 0.2) is 12.4 Å². The van der Waals surface area contributed by atoms with Crippen molar-refractivity contribution < 1.29 is 9.53 Å². The first-order chi connectivity index (χ1) is 16.8. The Morgan fingerprint density at radius 2 is 2.17 bits per heavy atom. The van der Waals surface area contributed by atoms with Crippen LogP contribution in [0.3, 0.4) is 0 Å². The van der Waals surface area contributed by atoms with Crippen LogP contribution in [0.2, 0.25) is 0 Å². The fourth-order valence-electron chi connectivity index (χ4n) is 4.48. The molecular formula is C24H35N9O2. The standard InChI is InChI=1S/C24H35N9O2/c1-17-20(15-33(30-17)19-6-9-31(4)14-19)28-23-27-13-18(12-25)21(29-23)26-7-5-8-32-10-11-35-16-24(2,3)22(32)34/h13,15,19H,5-11,14,16H2,1-4H3,(H2,26,27,28,29). The van der Waals surface area contributed by atoms with Gasteiger partial charge >= 0.3 is 0 Å². The van der Waals surface area contributed by atoms with Gasteiger partial charge in [0.1, 0.15) is 17.5 Å². The lowest BCUT2D eigenvalue weighted by atomic mass is 9.93. The minimum atomic E-state index is -0.509. The number of aromatic nitrogens is 4. The summed E-state index contributed by atoms with van der Waals surface area (Å²) in [6.07, 6.45) is 5.31. The number of carbonyl (C=O) groups is 1. The summed E-state index contributed by atoms with van der Waals surface area (Å²) in [7, 11) is 2.12. The van der Waals surface area contributed by atoms with E-state index in [9.17, 15) is 10.1 Å². The van der Waals surface area contributed by atoms with Crippen LogP contribution in [0.25, 0.3) is 0 Å². The molecule has 11 nitrogen and oxygen atoms in total. The number of nitriles is 1. The monoisotopic (exact) mass is 481 g/mol. The fourth-order valence-corrected chi connectivity index (χ4v) is 4.48. The predicted octanol–water partition coefficient (Wildman–Crippen LogP) is 2.16. The van der Waals surface area contributed by atoms with Gasteiger partial charge in [0.15, 0.2) is 0 Å². The molecule has 2 aliphatic rings. The van der Waals surface area contributed by atoms with E-state index >= 15 is 0 Å². The number of likely N-dealkylation sites (tertiary alicyclic amines) is 1. The van der Waals surface area contributed by atoms with Crippen molar-refractivity contribution in [2.45, 2.75) is 39.7 Å². The zero-order chi connectivity index (χ0) is 25.0. The van der Waals surface area contributed by atoms with E-state index in [1.165, 1.54) is 6.20 Å². The van der Waals surface area contributed by atoms with E-state index in [0.717, 1.165) is 37.3 Å². The molecule has 11 heteroatoms. The van der Waals surface area contributed by atoms with Gasteiger partial charge in [-0.2, -0.15) is 15.3 Å². The zero-order valence-electron chi connectivity index (χ0n) is 21.0. The van der Waals surface area contributed by atoms with Gasteiger partial charge in [-0.15, -0.1) is 0 Å². The molecule has 2 saturated heterocycles. The Bertz CT molecular complexity index is 1090. The number of ether oxygens (including phenoxy) is 1. The zero-order valence-corrected chi connectivity index (χ0v) is 21.0. The summed E-state index contributed by atoms with van der Waals surface area (Å²) in [6, 6.07) is 2.50. The summed E-state index contributed by atoms with van der Waals surface area (Å²) in [5.74, 6) is 0.985. The van der Waals surface area contributed by atoms with Gasteiger partial charge in [-0.1, -0.05) is 0 Å². The topological polar surface area (TPSA) is 124 Å². The Morgan fingerprint density at radius 1 is 1.34 bits per heavy atom. The minimum absolute atomic E-state index is 0.112. The highest BCUT2D eigenvalue weighted by atomic mass is 16.5. The van der Waals surface area contributed by atoms with E-state index in [4.69, 9.17) is 4.74 Å². The number of nitrogens with zero attached hydrogens (tertiary/aromatic N) is 7. The van der Waals surface area contributed by atoms with E-state index in [0.29, 0.717) is 56.2 Å². The first-order valence-corrected chi connectivity index (χ1v) is 12.2. The molecule has 2 fully saturated rings. The molecule has 0 saturated carbocycles. The number of hydrogen-bond acceptors (Lipinski definition) is 9. The number of nitrogens with one attached hydrogen (secondary N) is 2. The van der Waals surface area contributed by atoms with Crippen LogP contribution in [0.4, 0.5) is 17.5 Å². The second-order valence-electron chi connectivity index (χ2n) is 10.0. The molecule has 4 heterocycles. The summed E-state index contributed by atoms with van der Waals surface area (Å²) in [5.41, 5.74) is 1.58. The highest BCUT2D eigenvalue weighted by molar-refractivity contribution is 5.82. The van der Waals surface area contributed by atoms with E-state index in [1.807, 2.05) is 36.5 Å². The number of carbonyl (C=O) groups excluding carboxylic acids is 1. The Hall–Kier alpha value is -3.23. The summed E-state index contributed by atoms with van der Waals surface area (Å²) in [6.45, 7) is 10.6. The second-order valence-corrected chi connectivity index (χ2v) is 10.0. The SMILES string of the molecule is Cc1nn(C2CCN(C)C2)cc1Nc1ncc(C#N)c(NCCCN2CCOCC(C)(C)C2=O)n1. The lowest BCUT2D eigenvalue weighted by Crippen LogP contribution is -2.42. The van der Waals surface area contributed by atoms with Gasteiger partial charge in [0.05, 0.1) is 42.2 Å². The predicted molar refractivity (Wildman–Crippen MR) is 132 cm³/mol. The van der Waals surface area contributed by atoms with Crippen molar-refractivity contribution in [1.29, 1.82) is 5.26 Å². The number of anilines is 3. The second kappa shape index (κ2) is 10.6. The number of hydrogen-bond donors (Lipinski definition) is 2. The smallest absolute Gasteiger partial charge is 0.230 e. The van der Waals surface area contributed by atoms with E-state index < -0.39 is 5.41 Å². The van der Waals surface area contributed by atoms with E-state index in [2.05, 4.69) is 43.7 Å². The van der Waals surface area contributed by atoms with E-state index in [-0.39, 0.29) is 5.91 Å². The van der Waals surface area contributed by atoms with Gasteiger partial charge in [-0.25, -0.2) is 4.98 Å². The highest BCUT2D eigenvalue weighted by Gasteiger charge is 2.34. The maximum Gasteiger partial charge on any atom is 0.230 e. The van der Waals surface area contributed by atoms with Gasteiger partial charge in [-0.3, -0.25) is 9.48 Å². The molecule has 2 aliphatic heterocycles. The van der Waals surface area contributed by atoms with Crippen molar-refractivity contribution >= 4 is 23.4 Å². The average molecular weight is 482 g/mol. The Morgan fingerprint density at radius 3 is 2.91 bits per heavy atom. The third-order valence-electron chi connectivity index (χ3n) is 6.54. The van der Waals surface area contributed by atoms with Gasteiger partial charge in [0.2, 0.25) is 11.9 Å². The maximum absolute atomic E-state index is 12.7. The van der Waals surface area contributed by atoms with Crippen LogP contribution in [-0.4, -0.2) is 88.4 Å². The molecule has 0 spiro atoms. The minimum Gasteiger partial charge on any atom is -0.379 e. The third kappa shape index (κ3) is 5.89. The molecule has 2 aromatic heterocycles. The summed E-state index contributed by atoms with van der Waals surface area (Å²) in [5, 5.41) is 20.7. The molecule has 0 aromatic carbocycles. The van der Waals surface area contributed by atoms with Gasteiger partial charge in [0, 0.05) is 32.4 Å². The molecule has 0 bridgehead atoms. The number of likely N-dealkylation sites (N-methyl/N-ethyl adjacent to an activating group) is 1. The maximum atomic E-state index is 12.7. The molecule has 1 atom stereocenters. The number of rotatable bonds is 8. The first-order valence-electron chi connectivity index (χ1n) is 12.2. The summed E-state index contributed by atoms with van der Waals surface area (Å²) in [4.78, 5) is 25.7. The quantitative estimate of drug-likeness (QED) is 0.546. The van der Waals surface area contributed by atoms with Crippen LogP contribution < -0.4 is 10.6 Å². The lowest BCUT2D eigenvalue weighted by molar-refractivity contribution is -0.139. The summed E-state index contributed by atoms with van der Waals surface area (Å²) >= 11 is 0. The number of aryl methyl sites for hydroxylation is 1. The molecule has 4 rings (SSSR count). The molecule has 2 aromatic rings. The average Bonchev–Trinajstić information content (AvgIpc) is 3.39. The molecule has 1 amide bonds. The van der Waals surface area contributed by atoms with Crippen LogP contribution in [0.5, 0.6) is 0 Å². The van der Waals surface area contributed by atoms with Crippen molar-refractivity contribution in [3.8, 4) is 6.07 Å². The molecule has 1 unspecified atom stereocenters. The molecular weight excluding hydrogens is 446 g/mol. The lowest BCUT2D eigenvalue weighted by Gasteiger charge is -2.27. The van der Waals surface area contributed by atoms with Gasteiger partial charge in [-0.05, 0) is 47.2 Å². The highest BCUT2D eigenvalue weighted by Crippen LogP contribution is 2.25. The Balaban J connectivity index is 1.36. The van der Waals surface area contributed by atoms with Crippen LogP contribution in [0.1, 0.15) is 44.0 Å². The van der Waals surface area contributed by atoms with Crippen molar-refractivity contribution in [2.75, 3.05) is 63.6 Å². The van der Waals surface area contributed by atoms with Crippen LogP contribution in [0, 0.1) is 23.7 Å². The number of amides is 1. The molecule has 188 valence electrons.